The van der Waals surface area contributed by atoms with E-state index in [-0.39, 0.29) is 11.8 Å². The molecule has 4 N–H and O–H groups in total. The summed E-state index contributed by atoms with van der Waals surface area (Å²) in [6.07, 6.45) is 4.25. The van der Waals surface area contributed by atoms with E-state index in [1.807, 2.05) is 6.07 Å². The number of nitrogens with zero attached hydrogens (tertiary/aromatic N) is 1. The summed E-state index contributed by atoms with van der Waals surface area (Å²) >= 11 is 1.23. The van der Waals surface area contributed by atoms with Gasteiger partial charge in [0.05, 0.1) is 9.88 Å². The molecule has 0 saturated heterocycles. The van der Waals surface area contributed by atoms with Gasteiger partial charge in [-0.25, -0.2) is 0 Å². The molecule has 1 fully saturated rings. The third kappa shape index (κ3) is 3.77. The predicted octanol–water partition coefficient (Wildman–Crippen LogP) is 2.65. The fraction of sp³-hybridized carbons (Fsp3) is 0.429. The topological polar surface area (TPSA) is 87.5 Å². The summed E-state index contributed by atoms with van der Waals surface area (Å²) in [6.45, 7) is 2.08. The van der Waals surface area contributed by atoms with E-state index in [0.29, 0.717) is 22.7 Å². The lowest BCUT2D eigenvalue weighted by Crippen LogP contribution is -2.61. The third-order valence-corrected chi connectivity index (χ3v) is 6.75. The molecule has 0 unspecified atom stereocenters. The lowest BCUT2D eigenvalue weighted by atomic mass is 9.75. The summed E-state index contributed by atoms with van der Waals surface area (Å²) in [5, 5.41) is 6.59. The van der Waals surface area contributed by atoms with Gasteiger partial charge in [-0.3, -0.25) is 9.59 Å². The first-order valence-electron chi connectivity index (χ1n) is 9.75. The van der Waals surface area contributed by atoms with Crippen LogP contribution >= 0.6 is 11.3 Å². The first kappa shape index (κ1) is 19.0. The van der Waals surface area contributed by atoms with Gasteiger partial charge in [0, 0.05) is 18.8 Å². The van der Waals surface area contributed by atoms with Crippen LogP contribution in [-0.2, 0) is 17.6 Å². The van der Waals surface area contributed by atoms with Gasteiger partial charge in [0.1, 0.15) is 5.54 Å². The van der Waals surface area contributed by atoms with Crippen LogP contribution in [0.3, 0.4) is 0 Å². The van der Waals surface area contributed by atoms with Crippen molar-refractivity contribution in [2.75, 3.05) is 31.2 Å². The van der Waals surface area contributed by atoms with Crippen LogP contribution in [0.5, 0.6) is 0 Å². The van der Waals surface area contributed by atoms with Gasteiger partial charge in [0.25, 0.3) is 5.91 Å². The Bertz CT molecular complexity index is 904. The smallest absolute Gasteiger partial charge is 0.262 e. The van der Waals surface area contributed by atoms with Crippen molar-refractivity contribution in [2.24, 2.45) is 0 Å². The fourth-order valence-corrected chi connectivity index (χ4v) is 4.53. The monoisotopic (exact) mass is 398 g/mol. The number of carbonyl (C=O) groups excluding carboxylic acids is 2. The molecule has 2 amide bonds. The summed E-state index contributed by atoms with van der Waals surface area (Å²) in [4.78, 5) is 28.4. The van der Waals surface area contributed by atoms with E-state index < -0.39 is 5.54 Å². The van der Waals surface area contributed by atoms with Crippen molar-refractivity contribution in [2.45, 2.75) is 37.6 Å². The molecule has 148 valence electrons. The van der Waals surface area contributed by atoms with Crippen molar-refractivity contribution in [3.63, 3.8) is 0 Å². The van der Waals surface area contributed by atoms with Gasteiger partial charge in [-0.05, 0) is 74.5 Å². The van der Waals surface area contributed by atoms with E-state index in [1.165, 1.54) is 22.5 Å². The third-order valence-electron chi connectivity index (χ3n) is 5.83. The number of nitrogens with two attached hydrogens (primary N) is 1. The Labute approximate surface area is 169 Å². The molecular weight excluding hydrogens is 372 g/mol. The van der Waals surface area contributed by atoms with Crippen molar-refractivity contribution in [1.29, 1.82) is 0 Å². The van der Waals surface area contributed by atoms with Crippen molar-refractivity contribution >= 4 is 33.8 Å². The highest BCUT2D eigenvalue weighted by atomic mass is 32.1. The maximum atomic E-state index is 13.0. The number of fused-ring (bicyclic) bond motifs is 1. The van der Waals surface area contributed by atoms with E-state index in [2.05, 4.69) is 34.7 Å². The quantitative estimate of drug-likeness (QED) is 0.739. The van der Waals surface area contributed by atoms with Gasteiger partial charge >= 0.3 is 0 Å². The molecule has 0 bridgehead atoms. The molecule has 28 heavy (non-hydrogen) atoms. The zero-order chi connectivity index (χ0) is 19.7. The maximum Gasteiger partial charge on any atom is 0.262 e. The second kappa shape index (κ2) is 7.56. The molecule has 2 aliphatic rings. The molecule has 7 heteroatoms. The average molecular weight is 399 g/mol. The summed E-state index contributed by atoms with van der Waals surface area (Å²) < 4.78 is 0. The van der Waals surface area contributed by atoms with Crippen LogP contribution in [0.15, 0.2) is 30.3 Å². The van der Waals surface area contributed by atoms with Gasteiger partial charge in [-0.1, -0.05) is 6.07 Å². The van der Waals surface area contributed by atoms with Crippen LogP contribution in [0.2, 0.25) is 0 Å². The van der Waals surface area contributed by atoms with E-state index in [1.54, 1.807) is 12.1 Å². The summed E-state index contributed by atoms with van der Waals surface area (Å²) in [5.41, 5.74) is 8.34. The highest BCUT2D eigenvalue weighted by Gasteiger charge is 2.45. The molecule has 2 heterocycles. The van der Waals surface area contributed by atoms with Crippen LogP contribution in [0.25, 0.3) is 0 Å². The van der Waals surface area contributed by atoms with Gasteiger partial charge in [0.15, 0.2) is 0 Å². The van der Waals surface area contributed by atoms with Crippen LogP contribution in [0.4, 0.5) is 10.7 Å². The Morgan fingerprint density at radius 2 is 1.86 bits per heavy atom. The SMILES string of the molecule is CN1CCc2ccc(NC(=O)C3(NC(=O)c4ccc(N)s4)CCC3)cc2CC1. The van der Waals surface area contributed by atoms with Crippen LogP contribution in [0.1, 0.15) is 40.1 Å². The van der Waals surface area contributed by atoms with E-state index in [0.717, 1.165) is 38.0 Å². The van der Waals surface area contributed by atoms with Gasteiger partial charge in [-0.15, -0.1) is 11.3 Å². The molecule has 4 rings (SSSR count). The van der Waals surface area contributed by atoms with Crippen molar-refractivity contribution < 1.29 is 9.59 Å². The van der Waals surface area contributed by atoms with Crippen LogP contribution < -0.4 is 16.4 Å². The lowest BCUT2D eigenvalue weighted by molar-refractivity contribution is -0.125. The Morgan fingerprint density at radius 3 is 2.50 bits per heavy atom. The minimum Gasteiger partial charge on any atom is -0.391 e. The van der Waals surface area contributed by atoms with Crippen LogP contribution in [-0.4, -0.2) is 42.4 Å². The van der Waals surface area contributed by atoms with E-state index >= 15 is 0 Å². The summed E-state index contributed by atoms with van der Waals surface area (Å²) in [6, 6.07) is 9.57. The molecule has 1 saturated carbocycles. The Hall–Kier alpha value is -2.38. The zero-order valence-electron chi connectivity index (χ0n) is 16.1. The second-order valence-electron chi connectivity index (χ2n) is 7.83. The molecular formula is C21H26N4O2S. The number of hydrogen-bond acceptors (Lipinski definition) is 5. The summed E-state index contributed by atoms with van der Waals surface area (Å²) in [5.74, 6) is -0.371. The molecule has 2 aromatic rings. The maximum absolute atomic E-state index is 13.0. The number of thiophene rings is 1. The zero-order valence-corrected chi connectivity index (χ0v) is 16.9. The number of nitrogen functional groups attached to an aromatic ring is 1. The molecule has 0 radical (unpaired) electrons. The average Bonchev–Trinajstić information content (AvgIpc) is 2.99. The molecule has 0 spiro atoms. The highest BCUT2D eigenvalue weighted by Crippen LogP contribution is 2.34. The molecule has 1 aromatic carbocycles. The first-order chi connectivity index (χ1) is 13.4. The standard InChI is InChI=1S/C21H26N4O2S/c1-25-11-7-14-3-4-16(13-15(14)8-12-25)23-20(27)21(9-2-10-21)24-19(26)17-5-6-18(22)28-17/h3-6,13H,2,7-12,22H2,1H3,(H,23,27)(H,24,26). The predicted molar refractivity (Wildman–Crippen MR) is 113 cm³/mol. The number of amides is 2. The number of rotatable bonds is 4. The Morgan fingerprint density at radius 1 is 1.11 bits per heavy atom. The van der Waals surface area contributed by atoms with E-state index in [4.69, 9.17) is 5.73 Å². The number of nitrogens with one attached hydrogen (secondary N) is 2. The number of carbonyl (C=O) groups is 2. The largest absolute Gasteiger partial charge is 0.391 e. The van der Waals surface area contributed by atoms with Gasteiger partial charge in [0.2, 0.25) is 5.91 Å². The van der Waals surface area contributed by atoms with Gasteiger partial charge in [-0.2, -0.15) is 0 Å². The molecule has 1 aliphatic heterocycles. The Balaban J connectivity index is 1.47. The molecule has 1 aromatic heterocycles. The normalized spacial score (nSPS) is 18.5. The molecule has 0 atom stereocenters. The summed E-state index contributed by atoms with van der Waals surface area (Å²) in [7, 11) is 2.14. The van der Waals surface area contributed by atoms with E-state index in [9.17, 15) is 9.59 Å². The highest BCUT2D eigenvalue weighted by molar-refractivity contribution is 7.17. The number of hydrogen-bond donors (Lipinski definition) is 3. The second-order valence-corrected chi connectivity index (χ2v) is 8.95. The molecule has 1 aliphatic carbocycles. The van der Waals surface area contributed by atoms with Gasteiger partial charge < -0.3 is 21.3 Å². The minimum absolute atomic E-state index is 0.137. The Kier molecular flexibility index (Phi) is 5.12. The minimum atomic E-state index is -0.831. The first-order valence-corrected chi connectivity index (χ1v) is 10.6. The lowest BCUT2D eigenvalue weighted by Gasteiger charge is -2.40. The molecule has 6 nitrogen and oxygen atoms in total. The van der Waals surface area contributed by atoms with Crippen molar-refractivity contribution in [1.82, 2.24) is 10.2 Å². The number of likely N-dealkylation sites (N-methyl/N-ethyl adjacent to an activating group) is 1. The van der Waals surface area contributed by atoms with Crippen molar-refractivity contribution in [3.05, 3.63) is 46.3 Å². The van der Waals surface area contributed by atoms with Crippen molar-refractivity contribution in [3.8, 4) is 0 Å². The number of benzene rings is 1. The fourth-order valence-electron chi connectivity index (χ4n) is 3.86. The number of anilines is 2. The van der Waals surface area contributed by atoms with Crippen LogP contribution in [0, 0.1) is 0 Å².